The van der Waals surface area contributed by atoms with Crippen molar-refractivity contribution >= 4 is 17.5 Å². The summed E-state index contributed by atoms with van der Waals surface area (Å²) >= 11 is 0. The summed E-state index contributed by atoms with van der Waals surface area (Å²) in [5.74, 6) is -0.314. The average Bonchev–Trinajstić information content (AvgIpc) is 2.96. The maximum Gasteiger partial charge on any atom is 0.417 e. The predicted octanol–water partition coefficient (Wildman–Crippen LogP) is 6.14. The van der Waals surface area contributed by atoms with E-state index in [1.165, 1.54) is 6.20 Å². The van der Waals surface area contributed by atoms with Gasteiger partial charge in [-0.3, -0.25) is 19.5 Å². The molecule has 3 aromatic rings. The Morgan fingerprint density at radius 1 is 1.00 bits per heavy atom. The minimum absolute atomic E-state index is 0.0538. The normalized spacial score (nSPS) is 15.3. The molecule has 1 aliphatic heterocycles. The van der Waals surface area contributed by atoms with Crippen LogP contribution < -0.4 is 5.32 Å². The van der Waals surface area contributed by atoms with Gasteiger partial charge in [0.1, 0.15) is 6.04 Å². The number of rotatable bonds is 8. The summed E-state index contributed by atoms with van der Waals surface area (Å²) in [4.78, 5) is 33.4. The number of hydrogen-bond donors (Lipinski definition) is 1. The lowest BCUT2D eigenvalue weighted by atomic mass is 9.89. The number of anilines is 1. The molecule has 2 heterocycles. The third-order valence-electron chi connectivity index (χ3n) is 7.29. The minimum Gasteiger partial charge on any atom is -0.339 e. The van der Waals surface area contributed by atoms with Crippen molar-refractivity contribution in [1.29, 1.82) is 0 Å². The number of amides is 2. The molecular weight excluding hydrogens is 505 g/mol. The van der Waals surface area contributed by atoms with Gasteiger partial charge in [-0.1, -0.05) is 56.3 Å². The molecule has 1 fully saturated rings. The quantitative estimate of drug-likeness (QED) is 0.374. The summed E-state index contributed by atoms with van der Waals surface area (Å²) in [7, 11) is 0. The number of carbonyl (C=O) groups excluding carboxylic acids is 2. The van der Waals surface area contributed by atoms with Crippen molar-refractivity contribution in [1.82, 2.24) is 14.8 Å². The number of halogens is 3. The van der Waals surface area contributed by atoms with Crippen molar-refractivity contribution in [3.05, 3.63) is 95.3 Å². The SMILES string of the molecule is CCN(CC)C(C(=O)Nc1ccc(C2CCN(C(=O)c3cncc(C(F)(F)F)c3)CC2)cc1)c1ccccc1. The lowest BCUT2D eigenvalue weighted by molar-refractivity contribution is -0.137. The number of nitrogens with one attached hydrogen (secondary N) is 1. The van der Waals surface area contributed by atoms with Crippen molar-refractivity contribution < 1.29 is 22.8 Å². The maximum atomic E-state index is 13.3. The molecule has 0 radical (unpaired) electrons. The Kier molecular flexibility index (Phi) is 9.01. The molecule has 0 aliphatic carbocycles. The highest BCUT2D eigenvalue weighted by Gasteiger charge is 2.33. The van der Waals surface area contributed by atoms with E-state index < -0.39 is 23.7 Å². The van der Waals surface area contributed by atoms with Crippen LogP contribution in [0.1, 0.15) is 65.7 Å². The van der Waals surface area contributed by atoms with E-state index in [2.05, 4.69) is 15.2 Å². The van der Waals surface area contributed by atoms with E-state index in [1.54, 1.807) is 4.90 Å². The number of hydrogen-bond acceptors (Lipinski definition) is 4. The molecule has 4 rings (SSSR count). The Morgan fingerprint density at radius 3 is 2.23 bits per heavy atom. The van der Waals surface area contributed by atoms with Crippen LogP contribution in [-0.2, 0) is 11.0 Å². The van der Waals surface area contributed by atoms with Gasteiger partial charge in [0.2, 0.25) is 5.91 Å². The zero-order valence-corrected chi connectivity index (χ0v) is 22.1. The summed E-state index contributed by atoms with van der Waals surface area (Å²) in [5, 5.41) is 3.06. The van der Waals surface area contributed by atoms with Crippen LogP contribution >= 0.6 is 0 Å². The van der Waals surface area contributed by atoms with E-state index >= 15 is 0 Å². The first-order chi connectivity index (χ1) is 18.7. The summed E-state index contributed by atoms with van der Waals surface area (Å²) in [6.07, 6.45) is -1.25. The van der Waals surface area contributed by atoms with Gasteiger partial charge in [0.25, 0.3) is 5.91 Å². The standard InChI is InChI=1S/C30H33F3N4O2/c1-3-36(4-2)27(23-8-6-5-7-9-23)28(38)35-26-12-10-21(11-13-26)22-14-16-37(17-15-22)29(39)24-18-25(20-34-19-24)30(31,32)33/h5-13,18-20,22,27H,3-4,14-17H2,1-2H3,(H,35,38). The fourth-order valence-electron chi connectivity index (χ4n) is 5.11. The van der Waals surface area contributed by atoms with Crippen LogP contribution in [0.4, 0.5) is 18.9 Å². The summed E-state index contributed by atoms with van der Waals surface area (Å²) in [6.45, 7) is 6.46. The Balaban J connectivity index is 1.37. The summed E-state index contributed by atoms with van der Waals surface area (Å²) in [5.41, 5.74) is 1.77. The number of nitrogens with zero attached hydrogens (tertiary/aromatic N) is 3. The second-order valence-electron chi connectivity index (χ2n) is 9.67. The molecule has 1 saturated heterocycles. The van der Waals surface area contributed by atoms with Crippen molar-refractivity contribution in [3.63, 3.8) is 0 Å². The Labute approximate surface area is 226 Å². The summed E-state index contributed by atoms with van der Waals surface area (Å²) in [6, 6.07) is 18.0. The van der Waals surface area contributed by atoms with Gasteiger partial charge >= 0.3 is 6.18 Å². The van der Waals surface area contributed by atoms with Crippen molar-refractivity contribution in [3.8, 4) is 0 Å². The number of likely N-dealkylation sites (tertiary alicyclic amines) is 1. The number of benzene rings is 2. The van der Waals surface area contributed by atoms with Crippen LogP contribution in [0, 0.1) is 0 Å². The number of likely N-dealkylation sites (N-methyl/N-ethyl adjacent to an activating group) is 1. The molecule has 9 heteroatoms. The van der Waals surface area contributed by atoms with E-state index in [0.29, 0.717) is 31.6 Å². The molecule has 206 valence electrons. The van der Waals surface area contributed by atoms with Crippen molar-refractivity contribution in [2.75, 3.05) is 31.5 Å². The predicted molar refractivity (Wildman–Crippen MR) is 144 cm³/mol. The Hall–Kier alpha value is -3.72. The van der Waals surface area contributed by atoms with E-state index in [0.717, 1.165) is 36.5 Å². The van der Waals surface area contributed by atoms with Crippen LogP contribution in [0.5, 0.6) is 0 Å². The van der Waals surface area contributed by atoms with Crippen LogP contribution in [0.15, 0.2) is 73.1 Å². The van der Waals surface area contributed by atoms with Crippen LogP contribution in [0.3, 0.4) is 0 Å². The molecular formula is C30H33F3N4O2. The maximum absolute atomic E-state index is 13.3. The van der Waals surface area contributed by atoms with E-state index in [-0.39, 0.29) is 17.4 Å². The first kappa shape index (κ1) is 28.3. The molecule has 1 N–H and O–H groups in total. The minimum atomic E-state index is -4.55. The van der Waals surface area contributed by atoms with Crippen LogP contribution in [0.25, 0.3) is 0 Å². The molecule has 2 amide bonds. The third-order valence-corrected chi connectivity index (χ3v) is 7.29. The first-order valence-corrected chi connectivity index (χ1v) is 13.2. The Morgan fingerprint density at radius 2 is 1.64 bits per heavy atom. The van der Waals surface area contributed by atoms with Gasteiger partial charge < -0.3 is 10.2 Å². The molecule has 39 heavy (non-hydrogen) atoms. The number of carbonyl (C=O) groups is 2. The lowest BCUT2D eigenvalue weighted by Gasteiger charge is -2.32. The van der Waals surface area contributed by atoms with Crippen LogP contribution in [0.2, 0.25) is 0 Å². The monoisotopic (exact) mass is 538 g/mol. The van der Waals surface area contributed by atoms with Gasteiger partial charge in [-0.05, 0) is 61.2 Å². The largest absolute Gasteiger partial charge is 0.417 e. The fourth-order valence-corrected chi connectivity index (χ4v) is 5.11. The zero-order chi connectivity index (χ0) is 28.0. The van der Waals surface area contributed by atoms with Gasteiger partial charge in [-0.2, -0.15) is 13.2 Å². The Bertz CT molecular complexity index is 1250. The van der Waals surface area contributed by atoms with Gasteiger partial charge in [-0.25, -0.2) is 0 Å². The summed E-state index contributed by atoms with van der Waals surface area (Å²) < 4.78 is 39.0. The first-order valence-electron chi connectivity index (χ1n) is 13.2. The molecule has 1 aliphatic rings. The molecule has 0 saturated carbocycles. The fraction of sp³-hybridized carbons (Fsp3) is 0.367. The molecule has 1 unspecified atom stereocenters. The topological polar surface area (TPSA) is 65.5 Å². The highest BCUT2D eigenvalue weighted by Crippen LogP contribution is 2.32. The van der Waals surface area contributed by atoms with E-state index in [4.69, 9.17) is 0 Å². The second-order valence-corrected chi connectivity index (χ2v) is 9.67. The molecule has 2 aromatic carbocycles. The van der Waals surface area contributed by atoms with Crippen molar-refractivity contribution in [2.45, 2.75) is 44.8 Å². The van der Waals surface area contributed by atoms with E-state index in [1.807, 2.05) is 68.4 Å². The van der Waals surface area contributed by atoms with E-state index in [9.17, 15) is 22.8 Å². The molecule has 0 bridgehead atoms. The number of pyridine rings is 1. The van der Waals surface area contributed by atoms with Gasteiger partial charge in [0.15, 0.2) is 0 Å². The molecule has 6 nitrogen and oxygen atoms in total. The highest BCUT2D eigenvalue weighted by molar-refractivity contribution is 5.95. The lowest BCUT2D eigenvalue weighted by Crippen LogP contribution is -2.38. The molecule has 1 aromatic heterocycles. The number of piperidine rings is 1. The highest BCUT2D eigenvalue weighted by atomic mass is 19.4. The van der Waals surface area contributed by atoms with Gasteiger partial charge in [0.05, 0.1) is 11.1 Å². The van der Waals surface area contributed by atoms with Crippen LogP contribution in [-0.4, -0.2) is 52.8 Å². The second kappa shape index (κ2) is 12.4. The molecule has 1 atom stereocenters. The van der Waals surface area contributed by atoms with Gasteiger partial charge in [-0.15, -0.1) is 0 Å². The van der Waals surface area contributed by atoms with Gasteiger partial charge in [0, 0.05) is 31.2 Å². The van der Waals surface area contributed by atoms with Crippen molar-refractivity contribution in [2.24, 2.45) is 0 Å². The number of alkyl halides is 3. The average molecular weight is 539 g/mol. The molecule has 0 spiro atoms. The smallest absolute Gasteiger partial charge is 0.339 e. The zero-order valence-electron chi connectivity index (χ0n) is 22.1. The number of aromatic nitrogens is 1. The third kappa shape index (κ3) is 6.84.